The molecule has 0 saturated heterocycles. The van der Waals surface area contributed by atoms with Gasteiger partial charge in [0.2, 0.25) is 0 Å². The summed E-state index contributed by atoms with van der Waals surface area (Å²) in [5.41, 5.74) is 2.04. The lowest BCUT2D eigenvalue weighted by Crippen LogP contribution is -2.22. The van der Waals surface area contributed by atoms with E-state index in [1.165, 1.54) is 0 Å². The quantitative estimate of drug-likeness (QED) is 0.769. The predicted octanol–water partition coefficient (Wildman–Crippen LogP) is 2.93. The third-order valence-electron chi connectivity index (χ3n) is 2.66. The molecule has 0 spiro atoms. The smallest absolute Gasteiger partial charge is 0.127 e. The summed E-state index contributed by atoms with van der Waals surface area (Å²) in [5, 5.41) is 3.39. The first-order valence-corrected chi connectivity index (χ1v) is 5.75. The summed E-state index contributed by atoms with van der Waals surface area (Å²) in [5.74, 6) is 1.64. The van der Waals surface area contributed by atoms with Crippen molar-refractivity contribution < 1.29 is 9.47 Å². The van der Waals surface area contributed by atoms with Crippen LogP contribution >= 0.6 is 0 Å². The lowest BCUT2D eigenvalue weighted by molar-refractivity contribution is 0.377. The topological polar surface area (TPSA) is 30.5 Å². The van der Waals surface area contributed by atoms with E-state index in [2.05, 4.69) is 18.8 Å². The van der Waals surface area contributed by atoms with Gasteiger partial charge >= 0.3 is 0 Å². The fraction of sp³-hybridized carbons (Fsp3) is 0.429. The maximum Gasteiger partial charge on any atom is 0.127 e. The highest BCUT2D eigenvalue weighted by Gasteiger charge is 2.20. The number of nitrogens with one attached hydrogen (secondary N) is 1. The Labute approximate surface area is 103 Å². The van der Waals surface area contributed by atoms with E-state index in [4.69, 9.17) is 9.47 Å². The van der Waals surface area contributed by atoms with Gasteiger partial charge in [-0.1, -0.05) is 25.1 Å². The van der Waals surface area contributed by atoms with E-state index in [9.17, 15) is 0 Å². The minimum atomic E-state index is 0.0473. The van der Waals surface area contributed by atoms with Gasteiger partial charge in [-0.3, -0.25) is 0 Å². The highest BCUT2D eigenvalue weighted by molar-refractivity contribution is 5.49. The second kappa shape index (κ2) is 6.30. The standard InChI is InChI=1S/C14H21NO2/c1-6-15-14(10(2)3)13-11(16-4)8-7-9-12(13)17-5/h7-9,14-15H,2,6H2,1,3-5H3. The van der Waals surface area contributed by atoms with Gasteiger partial charge in [0.25, 0.3) is 0 Å². The second-order valence-electron chi connectivity index (χ2n) is 3.91. The summed E-state index contributed by atoms with van der Waals surface area (Å²) in [7, 11) is 3.33. The zero-order valence-corrected chi connectivity index (χ0v) is 11.0. The molecule has 0 amide bonds. The Morgan fingerprint density at radius 3 is 2.18 bits per heavy atom. The summed E-state index contributed by atoms with van der Waals surface area (Å²) in [6.45, 7) is 8.95. The Morgan fingerprint density at radius 2 is 1.82 bits per heavy atom. The molecule has 1 unspecified atom stereocenters. The Morgan fingerprint density at radius 1 is 1.29 bits per heavy atom. The van der Waals surface area contributed by atoms with Gasteiger partial charge in [-0.15, -0.1) is 0 Å². The third kappa shape index (κ3) is 3.01. The maximum atomic E-state index is 5.40. The van der Waals surface area contributed by atoms with Crippen LogP contribution in [0.25, 0.3) is 0 Å². The highest BCUT2D eigenvalue weighted by Crippen LogP contribution is 2.36. The van der Waals surface area contributed by atoms with Crippen LogP contribution in [0.2, 0.25) is 0 Å². The molecule has 0 aliphatic rings. The van der Waals surface area contributed by atoms with Crippen LogP contribution in [0.3, 0.4) is 0 Å². The van der Waals surface area contributed by atoms with Gasteiger partial charge in [-0.05, 0) is 25.6 Å². The molecule has 0 aromatic heterocycles. The van der Waals surface area contributed by atoms with Gasteiger partial charge in [0.1, 0.15) is 11.5 Å². The molecule has 1 atom stereocenters. The fourth-order valence-corrected chi connectivity index (χ4v) is 1.89. The fourth-order valence-electron chi connectivity index (χ4n) is 1.89. The lowest BCUT2D eigenvalue weighted by atomic mass is 9.98. The highest BCUT2D eigenvalue weighted by atomic mass is 16.5. The number of hydrogen-bond donors (Lipinski definition) is 1. The van der Waals surface area contributed by atoms with Crippen molar-refractivity contribution in [1.29, 1.82) is 0 Å². The molecule has 0 radical (unpaired) electrons. The Bertz CT molecular complexity index is 366. The van der Waals surface area contributed by atoms with Crippen molar-refractivity contribution in [1.82, 2.24) is 5.32 Å². The summed E-state index contributed by atoms with van der Waals surface area (Å²) in [6, 6.07) is 5.84. The Hall–Kier alpha value is -1.48. The van der Waals surface area contributed by atoms with E-state index >= 15 is 0 Å². The SMILES string of the molecule is C=C(C)C(NCC)c1c(OC)cccc1OC. The first-order valence-electron chi connectivity index (χ1n) is 5.75. The molecule has 1 rings (SSSR count). The van der Waals surface area contributed by atoms with Crippen molar-refractivity contribution in [3.8, 4) is 11.5 Å². The van der Waals surface area contributed by atoms with Crippen molar-refractivity contribution in [2.24, 2.45) is 0 Å². The van der Waals surface area contributed by atoms with Gasteiger partial charge in [0.05, 0.1) is 25.8 Å². The molecule has 3 heteroatoms. The number of likely N-dealkylation sites (N-methyl/N-ethyl adjacent to an activating group) is 1. The van der Waals surface area contributed by atoms with Gasteiger partial charge in [0, 0.05) is 0 Å². The van der Waals surface area contributed by atoms with Gasteiger partial charge < -0.3 is 14.8 Å². The van der Waals surface area contributed by atoms with E-state index in [-0.39, 0.29) is 6.04 Å². The van der Waals surface area contributed by atoms with Crippen molar-refractivity contribution >= 4 is 0 Å². The molecule has 3 nitrogen and oxygen atoms in total. The molecule has 1 N–H and O–H groups in total. The Balaban J connectivity index is 3.27. The van der Waals surface area contributed by atoms with Crippen LogP contribution in [-0.2, 0) is 0 Å². The van der Waals surface area contributed by atoms with Gasteiger partial charge in [-0.25, -0.2) is 0 Å². The minimum Gasteiger partial charge on any atom is -0.496 e. The first-order chi connectivity index (χ1) is 8.15. The molecule has 17 heavy (non-hydrogen) atoms. The average molecular weight is 235 g/mol. The van der Waals surface area contributed by atoms with Crippen LogP contribution in [0.1, 0.15) is 25.5 Å². The summed E-state index contributed by atoms with van der Waals surface area (Å²) in [6.07, 6.45) is 0. The monoisotopic (exact) mass is 235 g/mol. The molecule has 0 saturated carbocycles. The van der Waals surface area contributed by atoms with Gasteiger partial charge in [0.15, 0.2) is 0 Å². The predicted molar refractivity (Wildman–Crippen MR) is 70.8 cm³/mol. The van der Waals surface area contributed by atoms with E-state index in [1.54, 1.807) is 14.2 Å². The van der Waals surface area contributed by atoms with Crippen molar-refractivity contribution in [2.75, 3.05) is 20.8 Å². The van der Waals surface area contributed by atoms with Crippen molar-refractivity contribution in [3.63, 3.8) is 0 Å². The molecule has 1 aromatic rings. The number of hydrogen-bond acceptors (Lipinski definition) is 3. The van der Waals surface area contributed by atoms with E-state index in [0.29, 0.717) is 0 Å². The molecule has 94 valence electrons. The van der Waals surface area contributed by atoms with Crippen LogP contribution in [-0.4, -0.2) is 20.8 Å². The number of rotatable bonds is 6. The van der Waals surface area contributed by atoms with E-state index < -0.39 is 0 Å². The molecule has 1 aromatic carbocycles. The normalized spacial score (nSPS) is 12.0. The van der Waals surface area contributed by atoms with Gasteiger partial charge in [-0.2, -0.15) is 0 Å². The number of ether oxygens (including phenoxy) is 2. The summed E-state index contributed by atoms with van der Waals surface area (Å²) >= 11 is 0. The van der Waals surface area contributed by atoms with Crippen LogP contribution < -0.4 is 14.8 Å². The molecule has 0 heterocycles. The number of methoxy groups -OCH3 is 2. The van der Waals surface area contributed by atoms with Crippen LogP contribution in [0.15, 0.2) is 30.4 Å². The second-order valence-corrected chi connectivity index (χ2v) is 3.91. The molecular weight excluding hydrogens is 214 g/mol. The summed E-state index contributed by atoms with van der Waals surface area (Å²) < 4.78 is 10.8. The lowest BCUT2D eigenvalue weighted by Gasteiger charge is -2.23. The summed E-state index contributed by atoms with van der Waals surface area (Å²) in [4.78, 5) is 0. The molecule has 0 fully saturated rings. The largest absolute Gasteiger partial charge is 0.496 e. The maximum absolute atomic E-state index is 5.40. The minimum absolute atomic E-state index is 0.0473. The number of benzene rings is 1. The zero-order valence-electron chi connectivity index (χ0n) is 11.0. The molecule has 0 aliphatic carbocycles. The van der Waals surface area contributed by atoms with E-state index in [0.717, 1.165) is 29.2 Å². The molecule has 0 bridgehead atoms. The van der Waals surface area contributed by atoms with Crippen LogP contribution in [0.4, 0.5) is 0 Å². The van der Waals surface area contributed by atoms with Crippen LogP contribution in [0, 0.1) is 0 Å². The molecular formula is C14H21NO2. The average Bonchev–Trinajstić information content (AvgIpc) is 2.34. The third-order valence-corrected chi connectivity index (χ3v) is 2.66. The van der Waals surface area contributed by atoms with E-state index in [1.807, 2.05) is 25.1 Å². The van der Waals surface area contributed by atoms with Crippen molar-refractivity contribution in [3.05, 3.63) is 35.9 Å². The zero-order chi connectivity index (χ0) is 12.8. The van der Waals surface area contributed by atoms with Crippen LogP contribution in [0.5, 0.6) is 11.5 Å². The molecule has 0 aliphatic heterocycles. The Kier molecular flexibility index (Phi) is 5.04. The van der Waals surface area contributed by atoms with Crippen molar-refractivity contribution in [2.45, 2.75) is 19.9 Å². The first kappa shape index (κ1) is 13.6.